The van der Waals surface area contributed by atoms with Gasteiger partial charge in [0.25, 0.3) is 0 Å². The number of phenols is 1. The SMILES string of the molecule is CN1CCN(c2ccc(-c3cc(Cl)c(O)cc3F)nn2)CC1. The summed E-state index contributed by atoms with van der Waals surface area (Å²) in [6.45, 7) is 3.74. The first-order valence-corrected chi connectivity index (χ1v) is 7.38. The quantitative estimate of drug-likeness (QED) is 0.920. The lowest BCUT2D eigenvalue weighted by Crippen LogP contribution is -2.44. The summed E-state index contributed by atoms with van der Waals surface area (Å²) in [4.78, 5) is 4.41. The number of rotatable bonds is 2. The monoisotopic (exact) mass is 322 g/mol. The highest BCUT2D eigenvalue weighted by atomic mass is 35.5. The lowest BCUT2D eigenvalue weighted by atomic mass is 10.1. The molecule has 22 heavy (non-hydrogen) atoms. The topological polar surface area (TPSA) is 52.5 Å². The number of likely N-dealkylation sites (N-methyl/N-ethyl adjacent to an activating group) is 1. The number of anilines is 1. The number of phenolic OH excluding ortho intramolecular Hbond substituents is 1. The molecule has 0 unspecified atom stereocenters. The second-order valence-corrected chi connectivity index (χ2v) is 5.76. The molecule has 3 rings (SSSR count). The molecule has 1 saturated heterocycles. The van der Waals surface area contributed by atoms with E-state index in [1.165, 1.54) is 6.07 Å². The predicted molar refractivity (Wildman–Crippen MR) is 83.8 cm³/mol. The van der Waals surface area contributed by atoms with Crippen molar-refractivity contribution in [1.29, 1.82) is 0 Å². The van der Waals surface area contributed by atoms with Crippen LogP contribution < -0.4 is 4.90 Å². The van der Waals surface area contributed by atoms with Gasteiger partial charge < -0.3 is 14.9 Å². The van der Waals surface area contributed by atoms with Crippen molar-refractivity contribution in [3.8, 4) is 17.0 Å². The van der Waals surface area contributed by atoms with Gasteiger partial charge in [0, 0.05) is 37.8 Å². The maximum atomic E-state index is 13.9. The number of aromatic nitrogens is 2. The second kappa shape index (κ2) is 6.06. The Morgan fingerprint density at radius 2 is 1.86 bits per heavy atom. The van der Waals surface area contributed by atoms with E-state index in [1.54, 1.807) is 6.07 Å². The summed E-state index contributed by atoms with van der Waals surface area (Å²) >= 11 is 5.82. The molecule has 1 aromatic carbocycles. The molecule has 2 heterocycles. The molecule has 2 aromatic rings. The third-order valence-corrected chi connectivity index (χ3v) is 4.09. The lowest BCUT2D eigenvalue weighted by molar-refractivity contribution is 0.312. The van der Waals surface area contributed by atoms with Crippen molar-refractivity contribution in [3.63, 3.8) is 0 Å². The van der Waals surface area contributed by atoms with Gasteiger partial charge in [0.15, 0.2) is 5.82 Å². The standard InChI is InChI=1S/C15H16ClFN4O/c1-20-4-6-21(7-5-20)15-3-2-13(18-19-15)10-8-11(16)14(22)9-12(10)17/h2-3,8-9,22H,4-7H2,1H3. The van der Waals surface area contributed by atoms with E-state index >= 15 is 0 Å². The van der Waals surface area contributed by atoms with Crippen LogP contribution in [-0.4, -0.2) is 53.4 Å². The molecule has 0 aliphatic carbocycles. The third kappa shape index (κ3) is 2.98. The molecule has 1 aromatic heterocycles. The number of hydrogen-bond donors (Lipinski definition) is 1. The average Bonchev–Trinajstić information content (AvgIpc) is 2.52. The Bertz CT molecular complexity index is 672. The molecule has 1 fully saturated rings. The van der Waals surface area contributed by atoms with Gasteiger partial charge in [0.05, 0.1) is 10.7 Å². The first-order valence-electron chi connectivity index (χ1n) is 7.00. The minimum absolute atomic E-state index is 0.0846. The van der Waals surface area contributed by atoms with E-state index in [9.17, 15) is 9.50 Å². The van der Waals surface area contributed by atoms with Gasteiger partial charge in [-0.15, -0.1) is 10.2 Å². The van der Waals surface area contributed by atoms with Crippen molar-refractivity contribution in [3.05, 3.63) is 35.1 Å². The van der Waals surface area contributed by atoms with E-state index in [1.807, 2.05) is 6.07 Å². The van der Waals surface area contributed by atoms with Crippen molar-refractivity contribution < 1.29 is 9.50 Å². The van der Waals surface area contributed by atoms with Crippen molar-refractivity contribution >= 4 is 17.4 Å². The Morgan fingerprint density at radius 3 is 2.50 bits per heavy atom. The van der Waals surface area contributed by atoms with E-state index < -0.39 is 5.82 Å². The highest BCUT2D eigenvalue weighted by Crippen LogP contribution is 2.31. The second-order valence-electron chi connectivity index (χ2n) is 5.35. The molecule has 0 amide bonds. The molecule has 0 radical (unpaired) electrons. The minimum atomic E-state index is -0.580. The molecule has 1 N–H and O–H groups in total. The number of aromatic hydroxyl groups is 1. The molecule has 116 valence electrons. The van der Waals surface area contributed by atoms with Gasteiger partial charge in [0.1, 0.15) is 11.6 Å². The number of benzene rings is 1. The van der Waals surface area contributed by atoms with Crippen LogP contribution in [0.5, 0.6) is 5.75 Å². The summed E-state index contributed by atoms with van der Waals surface area (Å²) in [5.41, 5.74) is 0.609. The molecule has 1 aliphatic rings. The summed E-state index contributed by atoms with van der Waals surface area (Å²) in [7, 11) is 2.09. The Morgan fingerprint density at radius 1 is 1.14 bits per heavy atom. The minimum Gasteiger partial charge on any atom is -0.506 e. The highest BCUT2D eigenvalue weighted by molar-refractivity contribution is 6.32. The van der Waals surface area contributed by atoms with Crippen molar-refractivity contribution in [2.75, 3.05) is 38.1 Å². The summed E-state index contributed by atoms with van der Waals surface area (Å²) < 4.78 is 13.9. The Labute approximate surface area is 132 Å². The number of halogens is 2. The fraction of sp³-hybridized carbons (Fsp3) is 0.333. The Balaban J connectivity index is 1.84. The Hall–Kier alpha value is -1.92. The zero-order chi connectivity index (χ0) is 15.7. The molecule has 5 nitrogen and oxygen atoms in total. The van der Waals surface area contributed by atoms with Crippen LogP contribution in [-0.2, 0) is 0 Å². The number of hydrogen-bond acceptors (Lipinski definition) is 5. The zero-order valence-electron chi connectivity index (χ0n) is 12.1. The summed E-state index contributed by atoms with van der Waals surface area (Å²) in [6, 6.07) is 5.87. The van der Waals surface area contributed by atoms with Gasteiger partial charge in [-0.05, 0) is 25.2 Å². The maximum Gasteiger partial charge on any atom is 0.151 e. The number of piperazine rings is 1. The fourth-order valence-corrected chi connectivity index (χ4v) is 2.57. The van der Waals surface area contributed by atoms with Gasteiger partial charge >= 0.3 is 0 Å². The fourth-order valence-electron chi connectivity index (χ4n) is 2.41. The van der Waals surface area contributed by atoms with E-state index in [2.05, 4.69) is 27.0 Å². The van der Waals surface area contributed by atoms with Crippen LogP contribution in [0.4, 0.5) is 10.2 Å². The van der Waals surface area contributed by atoms with Crippen LogP contribution in [0.1, 0.15) is 0 Å². The van der Waals surface area contributed by atoms with Gasteiger partial charge in [-0.2, -0.15) is 0 Å². The third-order valence-electron chi connectivity index (χ3n) is 3.79. The molecule has 0 saturated carbocycles. The smallest absolute Gasteiger partial charge is 0.151 e. The van der Waals surface area contributed by atoms with Crippen LogP contribution in [0.2, 0.25) is 5.02 Å². The molecule has 1 aliphatic heterocycles. The van der Waals surface area contributed by atoms with Gasteiger partial charge in [-0.3, -0.25) is 0 Å². The van der Waals surface area contributed by atoms with Gasteiger partial charge in [-0.25, -0.2) is 4.39 Å². The molecule has 0 bridgehead atoms. The highest BCUT2D eigenvalue weighted by Gasteiger charge is 2.17. The first kappa shape index (κ1) is 15.0. The predicted octanol–water partition coefficient (Wildman–Crippen LogP) is 2.39. The van der Waals surface area contributed by atoms with Crippen molar-refractivity contribution in [2.45, 2.75) is 0 Å². The lowest BCUT2D eigenvalue weighted by Gasteiger charge is -2.32. The van der Waals surface area contributed by atoms with Crippen LogP contribution in [0.15, 0.2) is 24.3 Å². The van der Waals surface area contributed by atoms with Gasteiger partial charge in [0.2, 0.25) is 0 Å². The maximum absolute atomic E-state index is 13.9. The summed E-state index contributed by atoms with van der Waals surface area (Å²) in [6.07, 6.45) is 0. The molecular weight excluding hydrogens is 307 g/mol. The molecule has 7 heteroatoms. The summed E-state index contributed by atoms with van der Waals surface area (Å²) in [5, 5.41) is 17.7. The molecule has 0 atom stereocenters. The van der Waals surface area contributed by atoms with Crippen LogP contribution >= 0.6 is 11.6 Å². The van der Waals surface area contributed by atoms with Crippen LogP contribution in [0, 0.1) is 5.82 Å². The van der Waals surface area contributed by atoms with Crippen LogP contribution in [0.3, 0.4) is 0 Å². The van der Waals surface area contributed by atoms with E-state index in [0.29, 0.717) is 5.69 Å². The molecular formula is C15H16ClFN4O. The zero-order valence-corrected chi connectivity index (χ0v) is 12.9. The summed E-state index contributed by atoms with van der Waals surface area (Å²) in [5.74, 6) is -0.0874. The van der Waals surface area contributed by atoms with E-state index in [4.69, 9.17) is 11.6 Å². The van der Waals surface area contributed by atoms with Crippen LogP contribution in [0.25, 0.3) is 11.3 Å². The first-order chi connectivity index (χ1) is 10.5. The average molecular weight is 323 g/mol. The number of nitrogens with zero attached hydrogens (tertiary/aromatic N) is 4. The van der Waals surface area contributed by atoms with Crippen molar-refractivity contribution in [2.24, 2.45) is 0 Å². The normalized spacial score (nSPS) is 16.0. The van der Waals surface area contributed by atoms with Gasteiger partial charge in [-0.1, -0.05) is 11.6 Å². The van der Waals surface area contributed by atoms with E-state index in [-0.39, 0.29) is 16.3 Å². The largest absolute Gasteiger partial charge is 0.506 e. The Kier molecular flexibility index (Phi) is 4.13. The van der Waals surface area contributed by atoms with E-state index in [0.717, 1.165) is 38.1 Å². The molecule has 0 spiro atoms. The van der Waals surface area contributed by atoms with Crippen molar-refractivity contribution in [1.82, 2.24) is 15.1 Å².